The standard InChI is InChI=1S/C16H16Cl2FNO/c1-2-7-21-16-6-3-11(8-14(16)18)10-20-12-4-5-15(19)13(17)9-12/h3-6,8-9,20H,2,7,10H2,1H3. The van der Waals surface area contributed by atoms with Crippen LogP contribution in [0, 0.1) is 5.82 Å². The summed E-state index contributed by atoms with van der Waals surface area (Å²) in [6.07, 6.45) is 0.935. The van der Waals surface area contributed by atoms with Gasteiger partial charge in [0.2, 0.25) is 0 Å². The van der Waals surface area contributed by atoms with Crippen LogP contribution in [-0.4, -0.2) is 6.61 Å². The minimum absolute atomic E-state index is 0.0985. The molecule has 1 N–H and O–H groups in total. The van der Waals surface area contributed by atoms with Crippen LogP contribution in [0.4, 0.5) is 10.1 Å². The first-order valence-corrected chi connectivity index (χ1v) is 7.46. The van der Waals surface area contributed by atoms with Crippen LogP contribution in [0.15, 0.2) is 36.4 Å². The number of anilines is 1. The number of hydrogen-bond donors (Lipinski definition) is 1. The van der Waals surface area contributed by atoms with Crippen LogP contribution >= 0.6 is 23.2 Å². The van der Waals surface area contributed by atoms with Crippen LogP contribution in [0.1, 0.15) is 18.9 Å². The van der Waals surface area contributed by atoms with Crippen molar-refractivity contribution in [3.63, 3.8) is 0 Å². The first kappa shape index (κ1) is 15.9. The summed E-state index contributed by atoms with van der Waals surface area (Å²) in [4.78, 5) is 0. The first-order valence-electron chi connectivity index (χ1n) is 6.70. The van der Waals surface area contributed by atoms with Gasteiger partial charge in [-0.1, -0.05) is 36.2 Å². The molecule has 0 unspecified atom stereocenters. The van der Waals surface area contributed by atoms with Crippen LogP contribution in [-0.2, 0) is 6.54 Å². The van der Waals surface area contributed by atoms with Crippen molar-refractivity contribution >= 4 is 28.9 Å². The normalized spacial score (nSPS) is 10.5. The van der Waals surface area contributed by atoms with E-state index in [1.807, 2.05) is 25.1 Å². The van der Waals surface area contributed by atoms with Gasteiger partial charge in [-0.25, -0.2) is 4.39 Å². The number of rotatable bonds is 6. The minimum Gasteiger partial charge on any atom is -0.492 e. The van der Waals surface area contributed by atoms with E-state index in [1.54, 1.807) is 12.1 Å². The maximum Gasteiger partial charge on any atom is 0.141 e. The van der Waals surface area contributed by atoms with Crippen LogP contribution in [0.25, 0.3) is 0 Å². The van der Waals surface area contributed by atoms with E-state index < -0.39 is 5.82 Å². The fraction of sp³-hybridized carbons (Fsp3) is 0.250. The van der Waals surface area contributed by atoms with Gasteiger partial charge >= 0.3 is 0 Å². The van der Waals surface area contributed by atoms with Gasteiger partial charge in [0.25, 0.3) is 0 Å². The van der Waals surface area contributed by atoms with Crippen molar-refractivity contribution in [1.29, 1.82) is 0 Å². The Morgan fingerprint density at radius 2 is 1.90 bits per heavy atom. The molecule has 0 amide bonds. The van der Waals surface area contributed by atoms with E-state index in [0.29, 0.717) is 23.9 Å². The molecule has 112 valence electrons. The Kier molecular flexibility index (Phi) is 5.71. The van der Waals surface area contributed by atoms with Crippen molar-refractivity contribution in [3.05, 3.63) is 57.8 Å². The molecular formula is C16H16Cl2FNO. The molecule has 2 aromatic carbocycles. The highest BCUT2D eigenvalue weighted by Gasteiger charge is 2.04. The molecule has 0 radical (unpaired) electrons. The summed E-state index contributed by atoms with van der Waals surface area (Å²) in [5, 5.41) is 3.85. The molecule has 2 aromatic rings. The van der Waals surface area contributed by atoms with Crippen LogP contribution in [0.5, 0.6) is 5.75 Å². The van der Waals surface area contributed by atoms with Crippen LogP contribution in [0.3, 0.4) is 0 Å². The maximum atomic E-state index is 13.1. The molecule has 0 atom stereocenters. The van der Waals surface area contributed by atoms with Crippen molar-refractivity contribution in [2.45, 2.75) is 19.9 Å². The van der Waals surface area contributed by atoms with E-state index in [9.17, 15) is 4.39 Å². The monoisotopic (exact) mass is 327 g/mol. The van der Waals surface area contributed by atoms with E-state index in [4.69, 9.17) is 27.9 Å². The van der Waals surface area contributed by atoms with Gasteiger partial charge in [-0.2, -0.15) is 0 Å². The molecule has 2 rings (SSSR count). The zero-order chi connectivity index (χ0) is 15.2. The Bertz CT molecular complexity index is 619. The summed E-state index contributed by atoms with van der Waals surface area (Å²) in [6, 6.07) is 10.2. The highest BCUT2D eigenvalue weighted by atomic mass is 35.5. The third-order valence-corrected chi connectivity index (χ3v) is 3.46. The van der Waals surface area contributed by atoms with E-state index in [1.165, 1.54) is 6.07 Å². The molecule has 21 heavy (non-hydrogen) atoms. The molecule has 0 fully saturated rings. The van der Waals surface area contributed by atoms with Gasteiger partial charge in [0, 0.05) is 12.2 Å². The Morgan fingerprint density at radius 1 is 1.10 bits per heavy atom. The number of nitrogens with one attached hydrogen (secondary N) is 1. The van der Waals surface area contributed by atoms with E-state index in [2.05, 4.69) is 5.32 Å². The molecule has 0 spiro atoms. The predicted octanol–water partition coefficient (Wildman–Crippen LogP) is 5.53. The van der Waals surface area contributed by atoms with Gasteiger partial charge < -0.3 is 10.1 Å². The summed E-state index contributed by atoms with van der Waals surface area (Å²) < 4.78 is 18.6. The van der Waals surface area contributed by atoms with Gasteiger partial charge in [0.05, 0.1) is 16.7 Å². The lowest BCUT2D eigenvalue weighted by atomic mass is 10.2. The van der Waals surface area contributed by atoms with Crippen LogP contribution < -0.4 is 10.1 Å². The summed E-state index contributed by atoms with van der Waals surface area (Å²) in [5.74, 6) is 0.259. The zero-order valence-electron chi connectivity index (χ0n) is 11.6. The smallest absolute Gasteiger partial charge is 0.141 e. The fourth-order valence-corrected chi connectivity index (χ4v) is 2.23. The number of benzene rings is 2. The predicted molar refractivity (Wildman–Crippen MR) is 86.0 cm³/mol. The second-order valence-electron chi connectivity index (χ2n) is 4.60. The average molecular weight is 328 g/mol. The van der Waals surface area contributed by atoms with Gasteiger partial charge in [-0.15, -0.1) is 0 Å². The van der Waals surface area contributed by atoms with Crippen LogP contribution in [0.2, 0.25) is 10.0 Å². The molecule has 0 aliphatic carbocycles. The largest absolute Gasteiger partial charge is 0.492 e. The van der Waals surface area contributed by atoms with Gasteiger partial charge in [0.1, 0.15) is 11.6 Å². The molecular weight excluding hydrogens is 312 g/mol. The Morgan fingerprint density at radius 3 is 2.57 bits per heavy atom. The third-order valence-electron chi connectivity index (χ3n) is 2.87. The molecule has 0 bridgehead atoms. The Balaban J connectivity index is 1.99. The summed E-state index contributed by atoms with van der Waals surface area (Å²) in [7, 11) is 0. The van der Waals surface area contributed by atoms with Gasteiger partial charge in [0.15, 0.2) is 0 Å². The molecule has 0 saturated carbocycles. The lowest BCUT2D eigenvalue weighted by Crippen LogP contribution is -2.01. The summed E-state index contributed by atoms with van der Waals surface area (Å²) in [5.41, 5.74) is 1.76. The minimum atomic E-state index is -0.428. The second-order valence-corrected chi connectivity index (χ2v) is 5.41. The molecule has 0 saturated heterocycles. The quantitative estimate of drug-likeness (QED) is 0.752. The van der Waals surface area contributed by atoms with E-state index in [-0.39, 0.29) is 5.02 Å². The average Bonchev–Trinajstić information content (AvgIpc) is 2.47. The molecule has 5 heteroatoms. The van der Waals surface area contributed by atoms with Crippen molar-refractivity contribution in [3.8, 4) is 5.75 Å². The molecule has 0 aliphatic rings. The highest BCUT2D eigenvalue weighted by Crippen LogP contribution is 2.26. The third kappa shape index (κ3) is 4.51. The molecule has 0 aromatic heterocycles. The lowest BCUT2D eigenvalue weighted by Gasteiger charge is -2.10. The Hall–Kier alpha value is -1.45. The number of hydrogen-bond acceptors (Lipinski definition) is 2. The summed E-state index contributed by atoms with van der Waals surface area (Å²) >= 11 is 11.9. The van der Waals surface area contributed by atoms with E-state index >= 15 is 0 Å². The first-order chi connectivity index (χ1) is 10.1. The SMILES string of the molecule is CCCOc1ccc(CNc2ccc(F)c(Cl)c2)cc1Cl. The zero-order valence-corrected chi connectivity index (χ0v) is 13.1. The maximum absolute atomic E-state index is 13.1. The van der Waals surface area contributed by atoms with Crippen molar-refractivity contribution in [1.82, 2.24) is 0 Å². The lowest BCUT2D eigenvalue weighted by molar-refractivity contribution is 0.317. The molecule has 0 aliphatic heterocycles. The van der Waals surface area contributed by atoms with Gasteiger partial charge in [-0.3, -0.25) is 0 Å². The van der Waals surface area contributed by atoms with Crippen molar-refractivity contribution in [2.24, 2.45) is 0 Å². The van der Waals surface area contributed by atoms with Crippen molar-refractivity contribution < 1.29 is 9.13 Å². The van der Waals surface area contributed by atoms with Gasteiger partial charge in [-0.05, 0) is 42.3 Å². The topological polar surface area (TPSA) is 21.3 Å². The van der Waals surface area contributed by atoms with Crippen molar-refractivity contribution in [2.75, 3.05) is 11.9 Å². The Labute approximate surface area is 133 Å². The fourth-order valence-electron chi connectivity index (χ4n) is 1.79. The summed E-state index contributed by atoms with van der Waals surface area (Å²) in [6.45, 7) is 3.25. The highest BCUT2D eigenvalue weighted by molar-refractivity contribution is 6.32. The second kappa shape index (κ2) is 7.53. The molecule has 2 nitrogen and oxygen atoms in total. The molecule has 0 heterocycles. The number of halogens is 3. The number of ether oxygens (including phenoxy) is 1. The van der Waals surface area contributed by atoms with E-state index in [0.717, 1.165) is 17.7 Å².